The third-order valence-corrected chi connectivity index (χ3v) is 2.97. The molecule has 1 aromatic rings. The molecule has 0 unspecified atom stereocenters. The van der Waals surface area contributed by atoms with Crippen molar-refractivity contribution in [1.82, 2.24) is 5.32 Å². The summed E-state index contributed by atoms with van der Waals surface area (Å²) in [5.41, 5.74) is -0.0590. The third kappa shape index (κ3) is 2.24. The van der Waals surface area contributed by atoms with Gasteiger partial charge in [-0.1, -0.05) is 23.2 Å². The van der Waals surface area contributed by atoms with Crippen LogP contribution in [0.2, 0.25) is 10.0 Å². The molecule has 1 fully saturated rings. The lowest BCUT2D eigenvalue weighted by molar-refractivity contribution is 0.0947. The lowest BCUT2D eigenvalue weighted by Gasteiger charge is -2.06. The van der Waals surface area contributed by atoms with E-state index in [4.69, 9.17) is 23.2 Å². The van der Waals surface area contributed by atoms with Gasteiger partial charge in [0.05, 0.1) is 15.6 Å². The Bertz CT molecular complexity index is 418. The first-order valence-electron chi connectivity index (χ1n) is 4.54. The molecule has 0 heterocycles. The highest BCUT2D eigenvalue weighted by Crippen LogP contribution is 2.27. The lowest BCUT2D eigenvalue weighted by Crippen LogP contribution is -2.26. The second kappa shape index (κ2) is 3.99. The molecule has 0 aliphatic heterocycles. The SMILES string of the molecule is O=C(NC1CC1)c1ccc(Cl)c(Cl)c1F. The van der Waals surface area contributed by atoms with Gasteiger partial charge in [-0.15, -0.1) is 0 Å². The average molecular weight is 248 g/mol. The largest absolute Gasteiger partial charge is 0.349 e. The predicted molar refractivity (Wildman–Crippen MR) is 56.9 cm³/mol. The molecule has 1 saturated carbocycles. The van der Waals surface area contributed by atoms with Crippen molar-refractivity contribution in [3.05, 3.63) is 33.6 Å². The normalized spacial score (nSPS) is 15.1. The Hall–Kier alpha value is -0.800. The first-order valence-corrected chi connectivity index (χ1v) is 5.29. The molecule has 0 aromatic heterocycles. The van der Waals surface area contributed by atoms with Crippen LogP contribution in [-0.2, 0) is 0 Å². The summed E-state index contributed by atoms with van der Waals surface area (Å²) in [7, 11) is 0. The number of amides is 1. The van der Waals surface area contributed by atoms with Gasteiger partial charge < -0.3 is 5.32 Å². The smallest absolute Gasteiger partial charge is 0.254 e. The Kier molecular flexibility index (Phi) is 2.85. The summed E-state index contributed by atoms with van der Waals surface area (Å²) in [5, 5.41) is 2.58. The zero-order valence-corrected chi connectivity index (χ0v) is 9.20. The zero-order chi connectivity index (χ0) is 11.0. The molecule has 5 heteroatoms. The standard InChI is InChI=1S/C10H8Cl2FNO/c11-7-4-3-6(9(13)8(7)12)10(15)14-5-1-2-5/h3-5H,1-2H2,(H,14,15). The fraction of sp³-hybridized carbons (Fsp3) is 0.300. The van der Waals surface area contributed by atoms with Gasteiger partial charge in [0.25, 0.3) is 5.91 Å². The second-order valence-corrected chi connectivity index (χ2v) is 4.26. The molecule has 1 aliphatic rings. The minimum absolute atomic E-state index is 0.0590. The van der Waals surface area contributed by atoms with Crippen molar-refractivity contribution in [2.45, 2.75) is 18.9 Å². The summed E-state index contributed by atoms with van der Waals surface area (Å²) < 4.78 is 13.5. The molecule has 0 spiro atoms. The maximum absolute atomic E-state index is 13.5. The zero-order valence-electron chi connectivity index (χ0n) is 7.69. The first kappa shape index (κ1) is 10.7. The Balaban J connectivity index is 2.26. The van der Waals surface area contributed by atoms with Crippen molar-refractivity contribution in [3.8, 4) is 0 Å². The van der Waals surface area contributed by atoms with E-state index >= 15 is 0 Å². The van der Waals surface area contributed by atoms with Gasteiger partial charge in [-0.05, 0) is 25.0 Å². The number of carbonyl (C=O) groups excluding carboxylic acids is 1. The molecule has 1 amide bonds. The maximum atomic E-state index is 13.5. The Morgan fingerprint density at radius 2 is 2.07 bits per heavy atom. The molecule has 1 aromatic carbocycles. The van der Waals surface area contributed by atoms with E-state index in [1.165, 1.54) is 12.1 Å². The maximum Gasteiger partial charge on any atom is 0.254 e. The van der Waals surface area contributed by atoms with E-state index in [9.17, 15) is 9.18 Å². The van der Waals surface area contributed by atoms with Crippen LogP contribution in [0.1, 0.15) is 23.2 Å². The van der Waals surface area contributed by atoms with Crippen LogP contribution in [0.4, 0.5) is 4.39 Å². The van der Waals surface area contributed by atoms with Gasteiger partial charge in [0.2, 0.25) is 0 Å². The number of benzene rings is 1. The summed E-state index contributed by atoms with van der Waals surface area (Å²) in [6.07, 6.45) is 1.91. The fourth-order valence-electron chi connectivity index (χ4n) is 1.19. The highest BCUT2D eigenvalue weighted by molar-refractivity contribution is 6.42. The molecule has 80 valence electrons. The van der Waals surface area contributed by atoms with Gasteiger partial charge >= 0.3 is 0 Å². The van der Waals surface area contributed by atoms with E-state index in [0.29, 0.717) is 0 Å². The van der Waals surface area contributed by atoms with Crippen LogP contribution in [0, 0.1) is 5.82 Å². The highest BCUT2D eigenvalue weighted by atomic mass is 35.5. The van der Waals surface area contributed by atoms with E-state index < -0.39 is 11.7 Å². The summed E-state index contributed by atoms with van der Waals surface area (Å²) in [6.45, 7) is 0. The molecule has 1 N–H and O–H groups in total. The minimum atomic E-state index is -0.762. The molecule has 1 aliphatic carbocycles. The van der Waals surface area contributed by atoms with Gasteiger partial charge in [-0.3, -0.25) is 4.79 Å². The number of rotatable bonds is 2. The van der Waals surface area contributed by atoms with Crippen molar-refractivity contribution < 1.29 is 9.18 Å². The van der Waals surface area contributed by atoms with Crippen molar-refractivity contribution >= 4 is 29.1 Å². The van der Waals surface area contributed by atoms with Gasteiger partial charge in [0, 0.05) is 6.04 Å². The Labute approximate surface area is 96.4 Å². The van der Waals surface area contributed by atoms with Crippen LogP contribution in [0.25, 0.3) is 0 Å². The molecule has 2 nitrogen and oxygen atoms in total. The highest BCUT2D eigenvalue weighted by Gasteiger charge is 2.25. The number of carbonyl (C=O) groups is 1. The van der Waals surface area contributed by atoms with Gasteiger partial charge in [-0.2, -0.15) is 0 Å². The van der Waals surface area contributed by atoms with E-state index in [2.05, 4.69) is 5.32 Å². The molecule has 15 heavy (non-hydrogen) atoms. The average Bonchev–Trinajstić information content (AvgIpc) is 2.98. The van der Waals surface area contributed by atoms with E-state index in [1.807, 2.05) is 0 Å². The van der Waals surface area contributed by atoms with E-state index in [0.717, 1.165) is 12.8 Å². The Morgan fingerprint density at radius 3 is 2.67 bits per heavy atom. The van der Waals surface area contributed by atoms with Crippen LogP contribution in [-0.4, -0.2) is 11.9 Å². The van der Waals surface area contributed by atoms with Crippen molar-refractivity contribution in [3.63, 3.8) is 0 Å². The molecular formula is C10H8Cl2FNO. The summed E-state index contributed by atoms with van der Waals surface area (Å²) >= 11 is 11.2. The van der Waals surface area contributed by atoms with Crippen LogP contribution >= 0.6 is 23.2 Å². The quantitative estimate of drug-likeness (QED) is 0.801. The third-order valence-electron chi connectivity index (χ3n) is 2.19. The topological polar surface area (TPSA) is 29.1 Å². The summed E-state index contributed by atoms with van der Waals surface area (Å²) in [6, 6.07) is 2.93. The Morgan fingerprint density at radius 1 is 1.40 bits per heavy atom. The summed E-state index contributed by atoms with van der Waals surface area (Å²) in [4.78, 5) is 11.5. The summed E-state index contributed by atoms with van der Waals surface area (Å²) in [5.74, 6) is -1.20. The molecule has 2 rings (SSSR count). The van der Waals surface area contributed by atoms with Crippen LogP contribution in [0.5, 0.6) is 0 Å². The van der Waals surface area contributed by atoms with Crippen LogP contribution in [0.3, 0.4) is 0 Å². The first-order chi connectivity index (χ1) is 7.09. The van der Waals surface area contributed by atoms with Gasteiger partial charge in [-0.25, -0.2) is 4.39 Å². The van der Waals surface area contributed by atoms with Gasteiger partial charge in [0.1, 0.15) is 0 Å². The predicted octanol–water partition coefficient (Wildman–Crippen LogP) is 3.02. The second-order valence-electron chi connectivity index (χ2n) is 3.47. The number of hydrogen-bond acceptors (Lipinski definition) is 1. The lowest BCUT2D eigenvalue weighted by atomic mass is 10.2. The van der Waals surface area contributed by atoms with Crippen LogP contribution < -0.4 is 5.32 Å². The number of halogens is 3. The number of nitrogens with one attached hydrogen (secondary N) is 1. The molecule has 0 radical (unpaired) electrons. The minimum Gasteiger partial charge on any atom is -0.349 e. The fourth-order valence-corrected chi connectivity index (χ4v) is 1.50. The number of hydrogen-bond donors (Lipinski definition) is 1. The molecule has 0 atom stereocenters. The van der Waals surface area contributed by atoms with E-state index in [-0.39, 0.29) is 21.7 Å². The molecule has 0 saturated heterocycles. The van der Waals surface area contributed by atoms with Crippen LogP contribution in [0.15, 0.2) is 12.1 Å². The van der Waals surface area contributed by atoms with E-state index in [1.54, 1.807) is 0 Å². The molecular weight excluding hydrogens is 240 g/mol. The van der Waals surface area contributed by atoms with Crippen molar-refractivity contribution in [2.24, 2.45) is 0 Å². The van der Waals surface area contributed by atoms with Crippen molar-refractivity contribution in [1.29, 1.82) is 0 Å². The monoisotopic (exact) mass is 247 g/mol. The van der Waals surface area contributed by atoms with Gasteiger partial charge in [0.15, 0.2) is 5.82 Å². The van der Waals surface area contributed by atoms with Crippen molar-refractivity contribution in [2.75, 3.05) is 0 Å². The molecule has 0 bridgehead atoms.